The number of nitrogens with zero attached hydrogens (tertiary/aromatic N) is 2. The number of carbonyl (C=O) groups excluding carboxylic acids is 1. The lowest BCUT2D eigenvalue weighted by molar-refractivity contribution is -0.173. The average Bonchev–Trinajstić information content (AvgIpc) is 3.22. The van der Waals surface area contributed by atoms with Crippen molar-refractivity contribution in [2.75, 3.05) is 24.9 Å². The number of aromatic nitrogens is 2. The van der Waals surface area contributed by atoms with Gasteiger partial charge in [-0.1, -0.05) is 23.7 Å². The number of amides is 1. The first-order valence-corrected chi connectivity index (χ1v) is 10.3. The van der Waals surface area contributed by atoms with E-state index in [-0.39, 0.29) is 23.5 Å². The van der Waals surface area contributed by atoms with Gasteiger partial charge in [-0.05, 0) is 35.9 Å². The molecular weight excluding hydrogens is 461 g/mol. The molecule has 1 aliphatic heterocycles. The zero-order chi connectivity index (χ0) is 23.8. The fraction of sp³-hybridized carbons (Fsp3) is 0.273. The van der Waals surface area contributed by atoms with Gasteiger partial charge in [-0.3, -0.25) is 4.79 Å². The summed E-state index contributed by atoms with van der Waals surface area (Å²) < 4.78 is 53.0. The van der Waals surface area contributed by atoms with E-state index in [4.69, 9.17) is 21.1 Å². The van der Waals surface area contributed by atoms with E-state index < -0.39 is 24.2 Å². The highest BCUT2D eigenvalue weighted by atomic mass is 35.5. The van der Waals surface area contributed by atoms with Gasteiger partial charge >= 0.3 is 6.18 Å². The highest BCUT2D eigenvalue weighted by Crippen LogP contribution is 2.44. The first kappa shape index (κ1) is 22.8. The van der Waals surface area contributed by atoms with Gasteiger partial charge < -0.3 is 20.1 Å². The predicted molar refractivity (Wildman–Crippen MR) is 117 cm³/mol. The van der Waals surface area contributed by atoms with Crippen LogP contribution >= 0.6 is 11.6 Å². The zero-order valence-corrected chi connectivity index (χ0v) is 18.4. The van der Waals surface area contributed by atoms with Crippen molar-refractivity contribution in [1.29, 1.82) is 0 Å². The summed E-state index contributed by atoms with van der Waals surface area (Å²) >= 11 is 6.01. The maximum atomic E-state index is 13.9. The van der Waals surface area contributed by atoms with Crippen molar-refractivity contribution in [3.8, 4) is 11.5 Å². The molecule has 0 radical (unpaired) electrons. The molecule has 0 saturated heterocycles. The third-order valence-corrected chi connectivity index (χ3v) is 5.62. The van der Waals surface area contributed by atoms with Crippen molar-refractivity contribution in [1.82, 2.24) is 9.78 Å². The van der Waals surface area contributed by atoms with Gasteiger partial charge in [0.2, 0.25) is 0 Å². The third kappa shape index (κ3) is 4.56. The summed E-state index contributed by atoms with van der Waals surface area (Å²) in [5.74, 6) is 0.179. The molecule has 3 aromatic rings. The molecule has 2 heterocycles. The van der Waals surface area contributed by atoms with E-state index >= 15 is 0 Å². The van der Waals surface area contributed by atoms with Gasteiger partial charge in [0.15, 0.2) is 6.04 Å². The first-order valence-electron chi connectivity index (χ1n) is 9.91. The number of hydrogen-bond donors (Lipinski definition) is 2. The smallest absolute Gasteiger partial charge is 0.410 e. The SMILES string of the molecule is COc1cccc([C@H]2C[C@@H](C(F)(F)F)n3ncc(C(=O)Nc4cc(Cl)ccc4OC)c3N2)c1. The Balaban J connectivity index is 1.71. The van der Waals surface area contributed by atoms with Crippen molar-refractivity contribution >= 4 is 29.0 Å². The number of nitrogens with one attached hydrogen (secondary N) is 2. The first-order chi connectivity index (χ1) is 15.7. The van der Waals surface area contributed by atoms with E-state index in [0.29, 0.717) is 22.1 Å². The molecule has 1 aliphatic rings. The molecule has 0 fully saturated rings. The zero-order valence-electron chi connectivity index (χ0n) is 17.6. The molecule has 7 nitrogen and oxygen atoms in total. The maximum Gasteiger partial charge on any atom is 0.410 e. The Morgan fingerprint density at radius 3 is 2.70 bits per heavy atom. The van der Waals surface area contributed by atoms with Gasteiger partial charge in [-0.25, -0.2) is 4.68 Å². The van der Waals surface area contributed by atoms with E-state index in [0.717, 1.165) is 10.9 Å². The van der Waals surface area contributed by atoms with Gasteiger partial charge in [0.25, 0.3) is 5.91 Å². The number of halogens is 4. The molecule has 0 bridgehead atoms. The number of hydrogen-bond acceptors (Lipinski definition) is 5. The van der Waals surface area contributed by atoms with E-state index in [1.807, 2.05) is 0 Å². The molecule has 11 heteroatoms. The van der Waals surface area contributed by atoms with Gasteiger partial charge in [0, 0.05) is 11.4 Å². The molecule has 2 aromatic carbocycles. The summed E-state index contributed by atoms with van der Waals surface area (Å²) in [6.45, 7) is 0. The summed E-state index contributed by atoms with van der Waals surface area (Å²) in [4.78, 5) is 13.0. The fourth-order valence-corrected chi connectivity index (χ4v) is 3.95. The summed E-state index contributed by atoms with van der Waals surface area (Å²) in [5, 5.41) is 9.93. The van der Waals surface area contributed by atoms with E-state index in [1.54, 1.807) is 36.4 Å². The number of methoxy groups -OCH3 is 2. The second kappa shape index (κ2) is 8.86. The van der Waals surface area contributed by atoms with Crippen LogP contribution in [0.5, 0.6) is 11.5 Å². The van der Waals surface area contributed by atoms with Crippen LogP contribution in [0, 0.1) is 0 Å². The Morgan fingerprint density at radius 1 is 1.21 bits per heavy atom. The van der Waals surface area contributed by atoms with Gasteiger partial charge in [0.05, 0.1) is 32.1 Å². The molecular formula is C22H20ClF3N4O3. The van der Waals surface area contributed by atoms with Gasteiger partial charge in [-0.2, -0.15) is 18.3 Å². The number of carbonyl (C=O) groups is 1. The molecule has 0 saturated carbocycles. The van der Waals surface area contributed by atoms with Gasteiger partial charge in [-0.15, -0.1) is 0 Å². The summed E-state index contributed by atoms with van der Waals surface area (Å²) in [6, 6.07) is 8.78. The normalized spacial score (nSPS) is 17.6. The fourth-order valence-electron chi connectivity index (χ4n) is 3.77. The predicted octanol–water partition coefficient (Wildman–Crippen LogP) is 5.47. The third-order valence-electron chi connectivity index (χ3n) is 5.39. The average molecular weight is 481 g/mol. The van der Waals surface area contributed by atoms with Crippen LogP contribution in [0.1, 0.15) is 34.4 Å². The minimum Gasteiger partial charge on any atom is -0.497 e. The molecule has 2 N–H and O–H groups in total. The lowest BCUT2D eigenvalue weighted by atomic mass is 9.96. The van der Waals surface area contributed by atoms with E-state index in [9.17, 15) is 18.0 Å². The number of ether oxygens (including phenoxy) is 2. The lowest BCUT2D eigenvalue weighted by Crippen LogP contribution is -2.36. The van der Waals surface area contributed by atoms with Crippen molar-refractivity contribution < 1.29 is 27.4 Å². The number of fused-ring (bicyclic) bond motifs is 1. The second-order valence-corrected chi connectivity index (χ2v) is 7.85. The van der Waals surface area contributed by atoms with Crippen LogP contribution in [0.3, 0.4) is 0 Å². The summed E-state index contributed by atoms with van der Waals surface area (Å²) in [7, 11) is 2.91. The van der Waals surface area contributed by atoms with Crippen LogP contribution in [0.2, 0.25) is 5.02 Å². The Labute approximate surface area is 192 Å². The highest BCUT2D eigenvalue weighted by molar-refractivity contribution is 6.31. The minimum absolute atomic E-state index is 0.0325. The lowest BCUT2D eigenvalue weighted by Gasteiger charge is -2.34. The Hall–Kier alpha value is -3.40. The van der Waals surface area contributed by atoms with Crippen molar-refractivity contribution in [3.05, 3.63) is 64.8 Å². The molecule has 0 aliphatic carbocycles. The summed E-state index contributed by atoms with van der Waals surface area (Å²) in [5.41, 5.74) is 0.834. The van der Waals surface area contributed by atoms with Crippen molar-refractivity contribution in [3.63, 3.8) is 0 Å². The van der Waals surface area contributed by atoms with Crippen LogP contribution < -0.4 is 20.1 Å². The monoisotopic (exact) mass is 480 g/mol. The topological polar surface area (TPSA) is 77.4 Å². The standard InChI is InChI=1S/C22H20ClF3N4O3/c1-32-14-5-3-4-12(8-14)16-10-19(22(24,25)26)30-20(28-16)15(11-27-30)21(31)29-17-9-13(23)6-7-18(17)33-2/h3-9,11,16,19,28H,10H2,1-2H3,(H,29,31)/t16-,19+/m1/s1. The molecule has 4 rings (SSSR count). The number of benzene rings is 2. The molecule has 33 heavy (non-hydrogen) atoms. The second-order valence-electron chi connectivity index (χ2n) is 7.42. The van der Waals surface area contributed by atoms with E-state index in [2.05, 4.69) is 15.7 Å². The number of anilines is 2. The Kier molecular flexibility index (Phi) is 6.11. The molecule has 1 amide bonds. The number of alkyl halides is 3. The molecule has 1 aromatic heterocycles. The van der Waals surface area contributed by atoms with Crippen molar-refractivity contribution in [2.45, 2.75) is 24.7 Å². The largest absolute Gasteiger partial charge is 0.497 e. The minimum atomic E-state index is -4.57. The quantitative estimate of drug-likeness (QED) is 0.506. The van der Waals surface area contributed by atoms with E-state index in [1.165, 1.54) is 20.3 Å². The number of rotatable bonds is 5. The highest BCUT2D eigenvalue weighted by Gasteiger charge is 2.47. The Morgan fingerprint density at radius 2 is 2.00 bits per heavy atom. The molecule has 0 unspecified atom stereocenters. The molecule has 0 spiro atoms. The van der Waals surface area contributed by atoms with Crippen molar-refractivity contribution in [2.24, 2.45) is 0 Å². The van der Waals surface area contributed by atoms with Crippen LogP contribution in [-0.4, -0.2) is 36.1 Å². The summed E-state index contributed by atoms with van der Waals surface area (Å²) in [6.07, 6.45) is -3.75. The molecule has 2 atom stereocenters. The maximum absolute atomic E-state index is 13.9. The van der Waals surface area contributed by atoms with Crippen LogP contribution in [0.15, 0.2) is 48.7 Å². The Bertz CT molecular complexity index is 1180. The van der Waals surface area contributed by atoms with Crippen LogP contribution in [0.4, 0.5) is 24.7 Å². The van der Waals surface area contributed by atoms with Crippen LogP contribution in [0.25, 0.3) is 0 Å². The molecule has 174 valence electrons. The van der Waals surface area contributed by atoms with Crippen LogP contribution in [-0.2, 0) is 0 Å². The van der Waals surface area contributed by atoms with Gasteiger partial charge in [0.1, 0.15) is 22.9 Å².